The lowest BCUT2D eigenvalue weighted by Gasteiger charge is -2.29. The van der Waals surface area contributed by atoms with E-state index in [9.17, 15) is 4.39 Å². The minimum atomic E-state index is -1.12. The van der Waals surface area contributed by atoms with E-state index in [1.54, 1.807) is 0 Å². The number of hydrogen-bond donors (Lipinski definition) is 1. The van der Waals surface area contributed by atoms with E-state index in [0.29, 0.717) is 12.8 Å². The van der Waals surface area contributed by atoms with E-state index in [4.69, 9.17) is 5.73 Å². The van der Waals surface area contributed by atoms with E-state index in [0.717, 1.165) is 12.8 Å². The summed E-state index contributed by atoms with van der Waals surface area (Å²) in [6.45, 7) is 3.47. The Labute approximate surface area is 61.1 Å². The van der Waals surface area contributed by atoms with Crippen LogP contribution in [0.4, 0.5) is 4.39 Å². The van der Waals surface area contributed by atoms with Crippen molar-refractivity contribution in [3.8, 4) is 0 Å². The molecule has 0 aliphatic heterocycles. The summed E-state index contributed by atoms with van der Waals surface area (Å²) < 4.78 is 13.3. The van der Waals surface area contributed by atoms with Crippen LogP contribution in [0.15, 0.2) is 12.7 Å². The van der Waals surface area contributed by atoms with E-state index in [1.807, 2.05) is 0 Å². The first kappa shape index (κ1) is 7.73. The van der Waals surface area contributed by atoms with Crippen LogP contribution in [0.3, 0.4) is 0 Å². The summed E-state index contributed by atoms with van der Waals surface area (Å²) in [7, 11) is 0. The monoisotopic (exact) mass is 143 g/mol. The molecule has 0 saturated heterocycles. The molecule has 0 heterocycles. The number of rotatable bonds is 1. The fourth-order valence-corrected chi connectivity index (χ4v) is 1.32. The van der Waals surface area contributed by atoms with Gasteiger partial charge in [-0.3, -0.25) is 0 Å². The van der Waals surface area contributed by atoms with Gasteiger partial charge in [-0.2, -0.15) is 0 Å². The topological polar surface area (TPSA) is 26.0 Å². The Morgan fingerprint density at radius 1 is 1.50 bits per heavy atom. The zero-order valence-corrected chi connectivity index (χ0v) is 6.15. The molecule has 0 aromatic rings. The van der Waals surface area contributed by atoms with Gasteiger partial charge < -0.3 is 5.73 Å². The van der Waals surface area contributed by atoms with Crippen LogP contribution in [-0.2, 0) is 0 Å². The lowest BCUT2D eigenvalue weighted by atomic mass is 9.84. The third-order valence-corrected chi connectivity index (χ3v) is 2.23. The van der Waals surface area contributed by atoms with Crippen LogP contribution in [-0.4, -0.2) is 11.7 Å². The predicted molar refractivity (Wildman–Crippen MR) is 40.5 cm³/mol. The Morgan fingerprint density at radius 3 is 2.40 bits per heavy atom. The Balaban J connectivity index is 2.46. The molecule has 1 aliphatic rings. The van der Waals surface area contributed by atoms with Gasteiger partial charge >= 0.3 is 0 Å². The molecule has 1 aliphatic carbocycles. The van der Waals surface area contributed by atoms with Gasteiger partial charge in [-0.1, -0.05) is 12.7 Å². The number of halogens is 1. The molecule has 1 rings (SSSR count). The molecule has 10 heavy (non-hydrogen) atoms. The van der Waals surface area contributed by atoms with Crippen molar-refractivity contribution in [3.63, 3.8) is 0 Å². The fraction of sp³-hybridized carbons (Fsp3) is 0.750. The van der Waals surface area contributed by atoms with Gasteiger partial charge in [0.25, 0.3) is 0 Å². The molecule has 1 fully saturated rings. The van der Waals surface area contributed by atoms with E-state index >= 15 is 0 Å². The summed E-state index contributed by atoms with van der Waals surface area (Å²) in [5.41, 5.74) is 4.49. The molecule has 0 bridgehead atoms. The van der Waals surface area contributed by atoms with Crippen LogP contribution in [0.1, 0.15) is 25.7 Å². The molecule has 0 aromatic carbocycles. The second-order valence-electron chi connectivity index (χ2n) is 3.08. The van der Waals surface area contributed by atoms with Gasteiger partial charge in [0.2, 0.25) is 0 Å². The quantitative estimate of drug-likeness (QED) is 0.556. The van der Waals surface area contributed by atoms with Gasteiger partial charge in [0.05, 0.1) is 0 Å². The highest BCUT2D eigenvalue weighted by Crippen LogP contribution is 2.31. The molecule has 0 radical (unpaired) electrons. The minimum Gasteiger partial charge on any atom is -0.328 e. The van der Waals surface area contributed by atoms with Crippen LogP contribution in [0.25, 0.3) is 0 Å². The molecular formula is C8H14FN. The normalized spacial score (nSPS) is 41.2. The summed E-state index contributed by atoms with van der Waals surface area (Å²) in [5.74, 6) is 0. The number of alkyl halides is 1. The van der Waals surface area contributed by atoms with E-state index in [-0.39, 0.29) is 6.04 Å². The first-order valence-corrected chi connectivity index (χ1v) is 3.74. The lowest BCUT2D eigenvalue weighted by Crippen LogP contribution is -2.33. The molecular weight excluding hydrogens is 129 g/mol. The van der Waals surface area contributed by atoms with Crippen molar-refractivity contribution < 1.29 is 4.39 Å². The smallest absolute Gasteiger partial charge is 0.129 e. The third kappa shape index (κ3) is 1.57. The molecule has 58 valence electrons. The van der Waals surface area contributed by atoms with Crippen molar-refractivity contribution in [1.82, 2.24) is 0 Å². The van der Waals surface area contributed by atoms with Gasteiger partial charge in [-0.05, 0) is 25.7 Å². The van der Waals surface area contributed by atoms with Crippen molar-refractivity contribution in [2.75, 3.05) is 0 Å². The molecule has 2 heteroatoms. The maximum atomic E-state index is 13.3. The van der Waals surface area contributed by atoms with Crippen LogP contribution < -0.4 is 5.73 Å². The van der Waals surface area contributed by atoms with Crippen LogP contribution in [0, 0.1) is 0 Å². The molecule has 0 amide bonds. The Bertz CT molecular complexity index is 125. The SMILES string of the molecule is C=CC1(F)CCC(N)CC1. The highest BCUT2D eigenvalue weighted by atomic mass is 19.1. The van der Waals surface area contributed by atoms with Gasteiger partial charge in [-0.25, -0.2) is 4.39 Å². The minimum absolute atomic E-state index is 0.212. The zero-order valence-electron chi connectivity index (χ0n) is 6.15. The van der Waals surface area contributed by atoms with Crippen LogP contribution in [0.2, 0.25) is 0 Å². The van der Waals surface area contributed by atoms with Gasteiger partial charge in [0.15, 0.2) is 0 Å². The van der Waals surface area contributed by atoms with Crippen molar-refractivity contribution in [2.24, 2.45) is 5.73 Å². The van der Waals surface area contributed by atoms with Gasteiger partial charge in [-0.15, -0.1) is 0 Å². The van der Waals surface area contributed by atoms with Crippen molar-refractivity contribution in [1.29, 1.82) is 0 Å². The second-order valence-corrected chi connectivity index (χ2v) is 3.08. The first-order chi connectivity index (χ1) is 4.66. The van der Waals surface area contributed by atoms with Crippen molar-refractivity contribution in [2.45, 2.75) is 37.4 Å². The van der Waals surface area contributed by atoms with Gasteiger partial charge in [0, 0.05) is 6.04 Å². The molecule has 1 nitrogen and oxygen atoms in total. The molecule has 2 N–H and O–H groups in total. The average molecular weight is 143 g/mol. The fourth-order valence-electron chi connectivity index (χ4n) is 1.32. The first-order valence-electron chi connectivity index (χ1n) is 3.74. The summed E-state index contributed by atoms with van der Waals surface area (Å²) in [6.07, 6.45) is 4.11. The number of allylic oxidation sites excluding steroid dienone is 1. The second kappa shape index (κ2) is 2.70. The highest BCUT2D eigenvalue weighted by molar-refractivity contribution is 4.99. The summed E-state index contributed by atoms with van der Waals surface area (Å²) >= 11 is 0. The number of hydrogen-bond acceptors (Lipinski definition) is 1. The maximum absolute atomic E-state index is 13.3. The van der Waals surface area contributed by atoms with Crippen LogP contribution in [0.5, 0.6) is 0 Å². The summed E-state index contributed by atoms with van der Waals surface area (Å²) in [5, 5.41) is 0. The average Bonchev–Trinajstić information content (AvgIpc) is 1.96. The largest absolute Gasteiger partial charge is 0.328 e. The molecule has 1 saturated carbocycles. The maximum Gasteiger partial charge on any atom is 0.129 e. The highest BCUT2D eigenvalue weighted by Gasteiger charge is 2.30. The predicted octanol–water partition coefficient (Wildman–Crippen LogP) is 1.78. The van der Waals surface area contributed by atoms with E-state index < -0.39 is 5.67 Å². The zero-order chi connectivity index (χ0) is 7.61. The molecule has 0 spiro atoms. The van der Waals surface area contributed by atoms with Crippen molar-refractivity contribution >= 4 is 0 Å². The molecule has 0 atom stereocenters. The van der Waals surface area contributed by atoms with Gasteiger partial charge in [0.1, 0.15) is 5.67 Å². The molecule has 0 aromatic heterocycles. The third-order valence-electron chi connectivity index (χ3n) is 2.23. The standard InChI is InChI=1S/C8H14FN/c1-2-8(9)5-3-7(10)4-6-8/h2,7H,1,3-6,10H2. The lowest BCUT2D eigenvalue weighted by molar-refractivity contribution is 0.153. The Kier molecular flexibility index (Phi) is 2.09. The van der Waals surface area contributed by atoms with Crippen molar-refractivity contribution in [3.05, 3.63) is 12.7 Å². The number of nitrogens with two attached hydrogens (primary N) is 1. The summed E-state index contributed by atoms with van der Waals surface area (Å²) in [6, 6.07) is 0.212. The molecule has 0 unspecified atom stereocenters. The Hall–Kier alpha value is -0.370. The Morgan fingerprint density at radius 2 is 2.00 bits per heavy atom. The van der Waals surface area contributed by atoms with Crippen LogP contribution >= 0.6 is 0 Å². The van der Waals surface area contributed by atoms with E-state index in [2.05, 4.69) is 6.58 Å². The van der Waals surface area contributed by atoms with E-state index in [1.165, 1.54) is 6.08 Å². The summed E-state index contributed by atoms with van der Waals surface area (Å²) in [4.78, 5) is 0.